The number of rotatable bonds is 6. The van der Waals surface area contributed by atoms with Crippen LogP contribution in [0.2, 0.25) is 5.02 Å². The summed E-state index contributed by atoms with van der Waals surface area (Å²) in [4.78, 5) is 10.6. The van der Waals surface area contributed by atoms with E-state index in [1.54, 1.807) is 18.0 Å². The molecule has 1 N–H and O–H groups in total. The summed E-state index contributed by atoms with van der Waals surface area (Å²) in [5.41, 5.74) is 1.71. The maximum absolute atomic E-state index is 10.6. The highest BCUT2D eigenvalue weighted by molar-refractivity contribution is 6.31. The summed E-state index contributed by atoms with van der Waals surface area (Å²) in [7, 11) is 1.55. The van der Waals surface area contributed by atoms with Gasteiger partial charge in [0.1, 0.15) is 0 Å². The SMILES string of the molecule is COc1c(CCC(=O)O)cnn1Cc1ccccc1Cl. The monoisotopic (exact) mass is 294 g/mol. The van der Waals surface area contributed by atoms with Gasteiger partial charge in [-0.3, -0.25) is 4.79 Å². The zero-order valence-corrected chi connectivity index (χ0v) is 11.8. The van der Waals surface area contributed by atoms with E-state index in [1.807, 2.05) is 24.3 Å². The van der Waals surface area contributed by atoms with E-state index in [4.69, 9.17) is 21.4 Å². The number of halogens is 1. The first-order chi connectivity index (χ1) is 9.61. The van der Waals surface area contributed by atoms with Gasteiger partial charge in [0.2, 0.25) is 5.88 Å². The van der Waals surface area contributed by atoms with Crippen LogP contribution in [0.3, 0.4) is 0 Å². The van der Waals surface area contributed by atoms with Crippen molar-refractivity contribution < 1.29 is 14.6 Å². The third-order valence-corrected chi connectivity index (χ3v) is 3.31. The molecule has 2 aromatic rings. The van der Waals surface area contributed by atoms with Gasteiger partial charge in [0.25, 0.3) is 0 Å². The summed E-state index contributed by atoms with van der Waals surface area (Å²) in [5, 5.41) is 13.6. The fourth-order valence-electron chi connectivity index (χ4n) is 1.96. The topological polar surface area (TPSA) is 64.3 Å². The molecule has 20 heavy (non-hydrogen) atoms. The van der Waals surface area contributed by atoms with Crippen LogP contribution in [0.4, 0.5) is 0 Å². The molecular formula is C14H15ClN2O3. The predicted molar refractivity (Wildman–Crippen MR) is 75.3 cm³/mol. The van der Waals surface area contributed by atoms with Crippen LogP contribution in [0, 0.1) is 0 Å². The number of hydrogen-bond donors (Lipinski definition) is 1. The molecule has 5 nitrogen and oxygen atoms in total. The van der Waals surface area contributed by atoms with Crippen LogP contribution in [0.15, 0.2) is 30.5 Å². The lowest BCUT2D eigenvalue weighted by Gasteiger charge is -2.09. The Morgan fingerprint density at radius 2 is 2.15 bits per heavy atom. The number of hydrogen-bond acceptors (Lipinski definition) is 3. The quantitative estimate of drug-likeness (QED) is 0.889. The Hall–Kier alpha value is -2.01. The molecule has 0 saturated carbocycles. The number of benzene rings is 1. The Morgan fingerprint density at radius 1 is 1.40 bits per heavy atom. The number of ether oxygens (including phenoxy) is 1. The van der Waals surface area contributed by atoms with Gasteiger partial charge in [-0.25, -0.2) is 4.68 Å². The molecular weight excluding hydrogens is 280 g/mol. The minimum atomic E-state index is -0.842. The third kappa shape index (κ3) is 3.30. The van der Waals surface area contributed by atoms with Crippen molar-refractivity contribution in [3.8, 4) is 5.88 Å². The van der Waals surface area contributed by atoms with Crippen molar-refractivity contribution in [2.45, 2.75) is 19.4 Å². The van der Waals surface area contributed by atoms with Gasteiger partial charge >= 0.3 is 5.97 Å². The molecule has 0 aliphatic carbocycles. The average molecular weight is 295 g/mol. The van der Waals surface area contributed by atoms with Crippen LogP contribution in [0.25, 0.3) is 0 Å². The van der Waals surface area contributed by atoms with E-state index in [1.165, 1.54) is 0 Å². The molecule has 0 saturated heterocycles. The van der Waals surface area contributed by atoms with E-state index in [0.29, 0.717) is 23.9 Å². The van der Waals surface area contributed by atoms with Gasteiger partial charge < -0.3 is 9.84 Å². The second-order valence-corrected chi connectivity index (χ2v) is 4.73. The van der Waals surface area contributed by atoms with E-state index >= 15 is 0 Å². The van der Waals surface area contributed by atoms with Crippen LogP contribution in [-0.2, 0) is 17.8 Å². The predicted octanol–water partition coefficient (Wildman–Crippen LogP) is 2.61. The number of nitrogens with zero attached hydrogens (tertiary/aromatic N) is 2. The van der Waals surface area contributed by atoms with Gasteiger partial charge in [-0.2, -0.15) is 5.10 Å². The van der Waals surface area contributed by atoms with E-state index in [2.05, 4.69) is 5.10 Å². The van der Waals surface area contributed by atoms with Crippen molar-refractivity contribution in [1.29, 1.82) is 0 Å². The largest absolute Gasteiger partial charge is 0.481 e. The van der Waals surface area contributed by atoms with Gasteiger partial charge in [0.15, 0.2) is 0 Å². The molecule has 0 amide bonds. The van der Waals surface area contributed by atoms with Crippen LogP contribution < -0.4 is 4.74 Å². The van der Waals surface area contributed by atoms with Gasteiger partial charge in [-0.05, 0) is 18.1 Å². The lowest BCUT2D eigenvalue weighted by atomic mass is 10.2. The van der Waals surface area contributed by atoms with Crippen molar-refractivity contribution >= 4 is 17.6 Å². The highest BCUT2D eigenvalue weighted by Crippen LogP contribution is 2.23. The molecule has 2 rings (SSSR count). The molecule has 1 heterocycles. The summed E-state index contributed by atoms with van der Waals surface area (Å²) in [6.45, 7) is 0.482. The Bertz CT molecular complexity index is 610. The summed E-state index contributed by atoms with van der Waals surface area (Å²) in [6.07, 6.45) is 2.08. The number of aliphatic carboxylic acids is 1. The Kier molecular flexibility index (Phi) is 4.63. The highest BCUT2D eigenvalue weighted by Gasteiger charge is 2.13. The van der Waals surface area contributed by atoms with E-state index in [-0.39, 0.29) is 6.42 Å². The van der Waals surface area contributed by atoms with Crippen molar-refractivity contribution in [2.75, 3.05) is 7.11 Å². The van der Waals surface area contributed by atoms with Crippen molar-refractivity contribution in [2.24, 2.45) is 0 Å². The van der Waals surface area contributed by atoms with Crippen molar-refractivity contribution in [3.63, 3.8) is 0 Å². The molecule has 0 spiro atoms. The zero-order valence-electron chi connectivity index (χ0n) is 11.0. The molecule has 6 heteroatoms. The number of aromatic nitrogens is 2. The molecule has 1 aromatic heterocycles. The van der Waals surface area contributed by atoms with Crippen LogP contribution in [0.5, 0.6) is 5.88 Å². The number of carboxylic acid groups (broad SMARTS) is 1. The van der Waals surface area contributed by atoms with Crippen molar-refractivity contribution in [1.82, 2.24) is 9.78 Å². The second kappa shape index (κ2) is 6.43. The summed E-state index contributed by atoms with van der Waals surface area (Å²) in [6, 6.07) is 7.51. The number of methoxy groups -OCH3 is 1. The molecule has 0 fully saturated rings. The van der Waals surface area contributed by atoms with E-state index < -0.39 is 5.97 Å². The molecule has 0 aliphatic rings. The molecule has 0 atom stereocenters. The maximum atomic E-state index is 10.6. The minimum absolute atomic E-state index is 0.0497. The van der Waals surface area contributed by atoms with Crippen LogP contribution >= 0.6 is 11.6 Å². The van der Waals surface area contributed by atoms with Crippen molar-refractivity contribution in [3.05, 3.63) is 46.6 Å². The fraction of sp³-hybridized carbons (Fsp3) is 0.286. The normalized spacial score (nSPS) is 10.5. The second-order valence-electron chi connectivity index (χ2n) is 4.32. The smallest absolute Gasteiger partial charge is 0.303 e. The molecule has 0 aliphatic heterocycles. The van der Waals surface area contributed by atoms with Crippen LogP contribution in [0.1, 0.15) is 17.5 Å². The summed E-state index contributed by atoms with van der Waals surface area (Å²) < 4.78 is 7.00. The van der Waals surface area contributed by atoms with Gasteiger partial charge in [-0.1, -0.05) is 29.8 Å². The minimum Gasteiger partial charge on any atom is -0.481 e. The molecule has 1 aromatic carbocycles. The van der Waals surface area contributed by atoms with Gasteiger partial charge in [0, 0.05) is 17.0 Å². The zero-order chi connectivity index (χ0) is 14.5. The summed E-state index contributed by atoms with van der Waals surface area (Å²) in [5.74, 6) is -0.267. The third-order valence-electron chi connectivity index (χ3n) is 2.94. The fourth-order valence-corrected chi connectivity index (χ4v) is 2.16. The molecule has 0 unspecified atom stereocenters. The number of carboxylic acids is 1. The molecule has 0 bridgehead atoms. The number of carbonyl (C=O) groups is 1. The molecule has 0 radical (unpaired) electrons. The first kappa shape index (κ1) is 14.4. The summed E-state index contributed by atoms with van der Waals surface area (Å²) >= 11 is 6.12. The Morgan fingerprint density at radius 3 is 2.80 bits per heavy atom. The number of aryl methyl sites for hydroxylation is 1. The first-order valence-corrected chi connectivity index (χ1v) is 6.53. The highest BCUT2D eigenvalue weighted by atomic mass is 35.5. The van der Waals surface area contributed by atoms with Gasteiger partial charge in [-0.15, -0.1) is 0 Å². The van der Waals surface area contributed by atoms with E-state index in [0.717, 1.165) is 11.1 Å². The molecule has 106 valence electrons. The van der Waals surface area contributed by atoms with Crippen LogP contribution in [-0.4, -0.2) is 28.0 Å². The lowest BCUT2D eigenvalue weighted by molar-refractivity contribution is -0.136. The maximum Gasteiger partial charge on any atom is 0.303 e. The lowest BCUT2D eigenvalue weighted by Crippen LogP contribution is -2.05. The average Bonchev–Trinajstić information content (AvgIpc) is 2.81. The van der Waals surface area contributed by atoms with E-state index in [9.17, 15) is 4.79 Å². The Balaban J connectivity index is 2.20. The first-order valence-electron chi connectivity index (χ1n) is 6.15. The Labute approximate surface area is 121 Å². The van der Waals surface area contributed by atoms with Gasteiger partial charge in [0.05, 0.1) is 19.9 Å². The standard InChI is InChI=1S/C14H15ClN2O3/c1-20-14-10(6-7-13(18)19)8-16-17(14)9-11-4-2-3-5-12(11)15/h2-5,8H,6-7,9H2,1H3,(H,18,19).